The number of benzene rings is 4. The molecular weight excluding hydrogens is 500 g/mol. The van der Waals surface area contributed by atoms with Crippen molar-refractivity contribution in [2.75, 3.05) is 13.2 Å². The molecule has 0 saturated heterocycles. The summed E-state index contributed by atoms with van der Waals surface area (Å²) in [6, 6.07) is 40.0. The second-order valence-electron chi connectivity index (χ2n) is 9.91. The van der Waals surface area contributed by atoms with Gasteiger partial charge in [0.25, 0.3) is 0 Å². The molecule has 0 saturated carbocycles. The van der Waals surface area contributed by atoms with Crippen LogP contribution in [0.3, 0.4) is 0 Å². The Kier molecular flexibility index (Phi) is 11.3. The summed E-state index contributed by atoms with van der Waals surface area (Å²) in [4.78, 5) is 12.8. The molecule has 0 aromatic heterocycles. The Morgan fingerprint density at radius 1 is 0.525 bits per heavy atom. The predicted molar refractivity (Wildman–Crippen MR) is 157 cm³/mol. The third-order valence-electron chi connectivity index (χ3n) is 7.06. The molecule has 40 heavy (non-hydrogen) atoms. The second kappa shape index (κ2) is 15.6. The molecule has 0 aliphatic rings. The normalized spacial score (nSPS) is 14.1. The van der Waals surface area contributed by atoms with Gasteiger partial charge in [0.1, 0.15) is 13.2 Å². The van der Waals surface area contributed by atoms with Crippen LogP contribution in [0, 0.1) is 0 Å². The minimum absolute atomic E-state index is 0.143. The van der Waals surface area contributed by atoms with Crippen molar-refractivity contribution < 1.29 is 23.7 Å². The highest BCUT2D eigenvalue weighted by Gasteiger charge is 2.25. The first-order valence-electron chi connectivity index (χ1n) is 13.8. The number of rotatable bonds is 14. The Morgan fingerprint density at radius 3 is 1.20 bits per heavy atom. The Balaban J connectivity index is 1.34. The third-order valence-corrected chi connectivity index (χ3v) is 7.06. The van der Waals surface area contributed by atoms with Gasteiger partial charge in [-0.05, 0) is 36.1 Å². The smallest absolute Gasteiger partial charge is 0.434 e. The Hall–Kier alpha value is -3.93. The van der Waals surface area contributed by atoms with Crippen molar-refractivity contribution in [1.82, 2.24) is 0 Å². The van der Waals surface area contributed by atoms with Gasteiger partial charge in [0.2, 0.25) is 0 Å². The van der Waals surface area contributed by atoms with Gasteiger partial charge < -0.3 is 18.9 Å². The van der Waals surface area contributed by atoms with E-state index in [9.17, 15) is 4.79 Å². The quantitative estimate of drug-likeness (QED) is 0.153. The molecule has 0 amide bonds. The largest absolute Gasteiger partial charge is 0.508 e. The fraction of sp³-hybridized carbons (Fsp3) is 0.286. The zero-order valence-corrected chi connectivity index (χ0v) is 23.2. The molecule has 0 spiro atoms. The topological polar surface area (TPSA) is 54.0 Å². The van der Waals surface area contributed by atoms with Gasteiger partial charge in [0, 0.05) is 11.8 Å². The first-order chi connectivity index (χ1) is 19.6. The van der Waals surface area contributed by atoms with E-state index in [0.29, 0.717) is 13.2 Å². The van der Waals surface area contributed by atoms with Crippen molar-refractivity contribution >= 4 is 6.16 Å². The summed E-state index contributed by atoms with van der Waals surface area (Å²) in [5.74, 6) is -0.286. The van der Waals surface area contributed by atoms with Gasteiger partial charge in [-0.25, -0.2) is 4.79 Å². The molecule has 0 aliphatic carbocycles. The first-order valence-corrected chi connectivity index (χ1v) is 13.8. The second-order valence-corrected chi connectivity index (χ2v) is 9.91. The van der Waals surface area contributed by atoms with Gasteiger partial charge in [0.15, 0.2) is 0 Å². The summed E-state index contributed by atoms with van der Waals surface area (Å²) >= 11 is 0. The first kappa shape index (κ1) is 29.1. The molecule has 4 rings (SSSR count). The number of hydrogen-bond donors (Lipinski definition) is 0. The number of ether oxygens (including phenoxy) is 4. The fourth-order valence-electron chi connectivity index (χ4n) is 4.60. The van der Waals surface area contributed by atoms with Gasteiger partial charge in [-0.3, -0.25) is 0 Å². The fourth-order valence-corrected chi connectivity index (χ4v) is 4.60. The summed E-state index contributed by atoms with van der Waals surface area (Å²) < 4.78 is 23.6. The molecule has 0 heterocycles. The van der Waals surface area contributed by atoms with Crippen LogP contribution in [0.5, 0.6) is 0 Å². The molecule has 5 heteroatoms. The van der Waals surface area contributed by atoms with Crippen LogP contribution >= 0.6 is 0 Å². The lowest BCUT2D eigenvalue weighted by atomic mass is 9.95. The molecule has 4 aromatic carbocycles. The Labute approximate surface area is 237 Å². The molecule has 0 aliphatic heterocycles. The van der Waals surface area contributed by atoms with Crippen molar-refractivity contribution in [2.45, 2.75) is 51.1 Å². The molecular formula is C35H38O5. The van der Waals surface area contributed by atoms with E-state index in [1.54, 1.807) is 0 Å². The van der Waals surface area contributed by atoms with Crippen molar-refractivity contribution in [3.8, 4) is 0 Å². The van der Waals surface area contributed by atoms with Gasteiger partial charge in [0.05, 0.1) is 25.4 Å². The number of hydrogen-bond acceptors (Lipinski definition) is 5. The SMILES string of the molecule is CC(OCc1ccccc1)C(COC(=O)OCC(c1ccccc1)C(C)OCc1ccccc1)c1ccccc1. The van der Waals surface area contributed by atoms with E-state index < -0.39 is 6.16 Å². The highest BCUT2D eigenvalue weighted by atomic mass is 16.7. The molecule has 5 nitrogen and oxygen atoms in total. The molecule has 0 fully saturated rings. The van der Waals surface area contributed by atoms with Gasteiger partial charge >= 0.3 is 6.16 Å². The highest BCUT2D eigenvalue weighted by Crippen LogP contribution is 2.26. The Bertz CT molecular complexity index is 1150. The van der Waals surface area contributed by atoms with Crippen molar-refractivity contribution in [1.29, 1.82) is 0 Å². The summed E-state index contributed by atoms with van der Waals surface area (Å²) in [7, 11) is 0. The standard InChI is InChI=1S/C35H38O5/c1-27(37-23-29-15-7-3-8-16-29)33(31-19-11-5-12-20-31)25-39-35(36)40-26-34(32-21-13-6-14-22-32)28(2)38-24-30-17-9-4-10-18-30/h3-22,27-28,33-34H,23-26H2,1-2H3. The highest BCUT2D eigenvalue weighted by molar-refractivity contribution is 5.60. The van der Waals surface area contributed by atoms with E-state index >= 15 is 0 Å². The Morgan fingerprint density at radius 2 is 0.850 bits per heavy atom. The molecule has 4 aromatic rings. The van der Waals surface area contributed by atoms with Crippen LogP contribution in [-0.2, 0) is 32.2 Å². The average molecular weight is 539 g/mol. The summed E-state index contributed by atoms with van der Waals surface area (Å²) in [6.45, 7) is 5.27. The van der Waals surface area contributed by atoms with Gasteiger partial charge in [-0.15, -0.1) is 0 Å². The van der Waals surface area contributed by atoms with Crippen molar-refractivity contribution in [3.05, 3.63) is 144 Å². The number of carbonyl (C=O) groups is 1. The van der Waals surface area contributed by atoms with E-state index in [-0.39, 0.29) is 37.3 Å². The number of carbonyl (C=O) groups excluding carboxylic acids is 1. The maximum Gasteiger partial charge on any atom is 0.508 e. The molecule has 0 radical (unpaired) electrons. The third kappa shape index (κ3) is 9.08. The van der Waals surface area contributed by atoms with Crippen LogP contribution in [0.1, 0.15) is 47.9 Å². The van der Waals surface area contributed by atoms with Crippen LogP contribution in [0.15, 0.2) is 121 Å². The molecule has 4 unspecified atom stereocenters. The van der Waals surface area contributed by atoms with E-state index in [2.05, 4.69) is 0 Å². The average Bonchev–Trinajstić information content (AvgIpc) is 3.01. The van der Waals surface area contributed by atoms with E-state index in [1.807, 2.05) is 135 Å². The minimum atomic E-state index is -0.701. The maximum atomic E-state index is 12.8. The lowest BCUT2D eigenvalue weighted by Crippen LogP contribution is -2.27. The van der Waals surface area contributed by atoms with Crippen LogP contribution < -0.4 is 0 Å². The van der Waals surface area contributed by atoms with Crippen LogP contribution in [-0.4, -0.2) is 31.6 Å². The van der Waals surface area contributed by atoms with Crippen molar-refractivity contribution in [2.24, 2.45) is 0 Å². The molecule has 4 atom stereocenters. The zero-order chi connectivity index (χ0) is 28.0. The summed E-state index contributed by atoms with van der Waals surface area (Å²) in [6.07, 6.45) is -1.06. The predicted octanol–water partition coefficient (Wildman–Crippen LogP) is 7.92. The van der Waals surface area contributed by atoms with Crippen molar-refractivity contribution in [3.63, 3.8) is 0 Å². The van der Waals surface area contributed by atoms with E-state index in [0.717, 1.165) is 22.3 Å². The summed E-state index contributed by atoms with van der Waals surface area (Å²) in [5.41, 5.74) is 4.27. The summed E-state index contributed by atoms with van der Waals surface area (Å²) in [5, 5.41) is 0. The maximum absolute atomic E-state index is 12.8. The van der Waals surface area contributed by atoms with Crippen LogP contribution in [0.25, 0.3) is 0 Å². The van der Waals surface area contributed by atoms with Gasteiger partial charge in [-0.1, -0.05) is 121 Å². The molecule has 208 valence electrons. The monoisotopic (exact) mass is 538 g/mol. The lowest BCUT2D eigenvalue weighted by molar-refractivity contribution is -0.0115. The van der Waals surface area contributed by atoms with Crippen LogP contribution in [0.4, 0.5) is 4.79 Å². The lowest BCUT2D eigenvalue weighted by Gasteiger charge is -2.26. The van der Waals surface area contributed by atoms with Crippen LogP contribution in [0.2, 0.25) is 0 Å². The van der Waals surface area contributed by atoms with E-state index in [1.165, 1.54) is 0 Å². The molecule has 0 bridgehead atoms. The minimum Gasteiger partial charge on any atom is -0.434 e. The van der Waals surface area contributed by atoms with E-state index in [4.69, 9.17) is 18.9 Å². The van der Waals surface area contributed by atoms with Gasteiger partial charge in [-0.2, -0.15) is 0 Å². The molecule has 0 N–H and O–H groups in total. The zero-order valence-electron chi connectivity index (χ0n) is 23.2.